The molecular formula is C14H22O. The molecule has 0 amide bonds. The zero-order valence-electron chi connectivity index (χ0n) is 10.3. The van der Waals surface area contributed by atoms with Crippen LogP contribution in [0.5, 0.6) is 0 Å². The van der Waals surface area contributed by atoms with Crippen LogP contribution in [0.1, 0.15) is 47.0 Å². The second-order valence-electron chi connectivity index (χ2n) is 5.03. The zero-order chi connectivity index (χ0) is 11.5. The molecule has 1 heteroatoms. The topological polar surface area (TPSA) is 17.1 Å². The molecule has 15 heavy (non-hydrogen) atoms. The smallest absolute Gasteiger partial charge is 0.145 e. The summed E-state index contributed by atoms with van der Waals surface area (Å²) >= 11 is 0. The van der Waals surface area contributed by atoms with Crippen molar-refractivity contribution in [2.45, 2.75) is 47.0 Å². The maximum Gasteiger partial charge on any atom is 0.145 e. The third kappa shape index (κ3) is 2.58. The van der Waals surface area contributed by atoms with E-state index >= 15 is 0 Å². The number of aldehydes is 1. The van der Waals surface area contributed by atoms with Gasteiger partial charge in [-0.2, -0.15) is 0 Å². The molecule has 1 nitrogen and oxygen atoms in total. The zero-order valence-corrected chi connectivity index (χ0v) is 10.3. The fourth-order valence-electron chi connectivity index (χ4n) is 2.16. The second kappa shape index (κ2) is 4.78. The summed E-state index contributed by atoms with van der Waals surface area (Å²) in [4.78, 5) is 10.7. The van der Waals surface area contributed by atoms with Crippen LogP contribution >= 0.6 is 0 Å². The van der Waals surface area contributed by atoms with Gasteiger partial charge in [-0.15, -0.1) is 0 Å². The van der Waals surface area contributed by atoms with Crippen LogP contribution in [0, 0.1) is 11.3 Å². The highest BCUT2D eigenvalue weighted by Gasteiger charge is 2.33. The Labute approximate surface area is 93.3 Å². The Morgan fingerprint density at radius 1 is 1.60 bits per heavy atom. The first-order chi connectivity index (χ1) is 7.02. The predicted molar refractivity (Wildman–Crippen MR) is 64.7 cm³/mol. The molecule has 1 aliphatic rings. The predicted octanol–water partition coefficient (Wildman–Crippen LogP) is 3.90. The molecule has 0 N–H and O–H groups in total. The van der Waals surface area contributed by atoms with Crippen molar-refractivity contribution in [1.29, 1.82) is 0 Å². The Morgan fingerprint density at radius 3 is 2.67 bits per heavy atom. The van der Waals surface area contributed by atoms with E-state index in [-0.39, 0.29) is 0 Å². The Balaban J connectivity index is 2.63. The van der Waals surface area contributed by atoms with Gasteiger partial charge in [0.2, 0.25) is 0 Å². The first-order valence-corrected chi connectivity index (χ1v) is 5.83. The molecule has 0 saturated heterocycles. The van der Waals surface area contributed by atoms with Crippen LogP contribution in [0.3, 0.4) is 0 Å². The van der Waals surface area contributed by atoms with Crippen molar-refractivity contribution >= 4 is 6.29 Å². The normalized spacial score (nSPS) is 25.2. The van der Waals surface area contributed by atoms with Gasteiger partial charge in [-0.3, -0.25) is 4.79 Å². The average Bonchev–Trinajstić information content (AvgIpc) is 2.45. The molecule has 0 bridgehead atoms. The summed E-state index contributed by atoms with van der Waals surface area (Å²) in [5, 5.41) is 0. The Kier molecular flexibility index (Phi) is 3.90. The number of carbonyl (C=O) groups is 1. The summed E-state index contributed by atoms with van der Waals surface area (Å²) in [5.74, 6) is 0.666. The molecule has 0 heterocycles. The van der Waals surface area contributed by atoms with Gasteiger partial charge in [0.15, 0.2) is 0 Å². The van der Waals surface area contributed by atoms with E-state index in [2.05, 4.69) is 32.9 Å². The second-order valence-corrected chi connectivity index (χ2v) is 5.03. The Morgan fingerprint density at radius 2 is 2.27 bits per heavy atom. The van der Waals surface area contributed by atoms with Crippen LogP contribution in [-0.4, -0.2) is 6.29 Å². The van der Waals surface area contributed by atoms with Crippen LogP contribution in [-0.2, 0) is 4.79 Å². The molecule has 0 spiro atoms. The molecular weight excluding hydrogens is 184 g/mol. The summed E-state index contributed by atoms with van der Waals surface area (Å²) in [6.45, 7) is 8.85. The minimum absolute atomic E-state index is 0.304. The molecule has 0 saturated carbocycles. The summed E-state index contributed by atoms with van der Waals surface area (Å²) < 4.78 is 0. The van der Waals surface area contributed by atoms with Crippen molar-refractivity contribution in [2.75, 3.05) is 0 Å². The van der Waals surface area contributed by atoms with Crippen LogP contribution in [0.25, 0.3) is 0 Å². The average molecular weight is 206 g/mol. The highest BCUT2D eigenvalue weighted by molar-refractivity contribution is 5.72. The van der Waals surface area contributed by atoms with Crippen LogP contribution in [0.15, 0.2) is 23.3 Å². The lowest BCUT2D eigenvalue weighted by molar-refractivity contribution is -0.105. The van der Waals surface area contributed by atoms with Crippen molar-refractivity contribution in [3.05, 3.63) is 23.3 Å². The quantitative estimate of drug-likeness (QED) is 0.387. The fraction of sp³-hybridized carbons (Fsp3) is 0.643. The van der Waals surface area contributed by atoms with E-state index < -0.39 is 0 Å². The summed E-state index contributed by atoms with van der Waals surface area (Å²) in [6.07, 6.45) is 8.48. The van der Waals surface area contributed by atoms with Crippen LogP contribution in [0.4, 0.5) is 0 Å². The molecule has 0 radical (unpaired) electrons. The lowest BCUT2D eigenvalue weighted by Gasteiger charge is -2.29. The van der Waals surface area contributed by atoms with Crippen molar-refractivity contribution < 1.29 is 4.79 Å². The van der Waals surface area contributed by atoms with E-state index in [0.717, 1.165) is 31.1 Å². The summed E-state index contributed by atoms with van der Waals surface area (Å²) in [6, 6.07) is 0. The molecule has 1 aliphatic carbocycles. The minimum atomic E-state index is 0.304. The largest absolute Gasteiger partial charge is 0.298 e. The Bertz CT molecular complexity index is 294. The third-order valence-electron chi connectivity index (χ3n) is 3.97. The van der Waals surface area contributed by atoms with Gasteiger partial charge >= 0.3 is 0 Å². The fourth-order valence-corrected chi connectivity index (χ4v) is 2.16. The maximum absolute atomic E-state index is 10.7. The van der Waals surface area contributed by atoms with Gasteiger partial charge in [0.25, 0.3) is 0 Å². The number of hydrogen-bond acceptors (Lipinski definition) is 1. The van der Waals surface area contributed by atoms with E-state index in [1.54, 1.807) is 0 Å². The molecule has 1 rings (SSSR count). The number of rotatable bonds is 4. The summed E-state index contributed by atoms with van der Waals surface area (Å²) in [7, 11) is 0. The lowest BCUT2D eigenvalue weighted by Crippen LogP contribution is -2.19. The van der Waals surface area contributed by atoms with Crippen LogP contribution < -0.4 is 0 Å². The van der Waals surface area contributed by atoms with Crippen LogP contribution in [0.2, 0.25) is 0 Å². The SMILES string of the molecule is CCC(C=O)=CC[C@H]1CC=C(C)C1(C)C. The first kappa shape index (κ1) is 12.2. The number of carbonyl (C=O) groups excluding carboxylic acids is 1. The van der Waals surface area contributed by atoms with Crippen molar-refractivity contribution in [2.24, 2.45) is 11.3 Å². The van der Waals surface area contributed by atoms with E-state index in [1.165, 1.54) is 5.57 Å². The highest BCUT2D eigenvalue weighted by Crippen LogP contribution is 2.44. The molecule has 0 unspecified atom stereocenters. The van der Waals surface area contributed by atoms with Gasteiger partial charge in [-0.05, 0) is 43.1 Å². The molecule has 0 aromatic heterocycles. The number of allylic oxidation sites excluding steroid dienone is 4. The van der Waals surface area contributed by atoms with E-state index in [9.17, 15) is 4.79 Å². The third-order valence-corrected chi connectivity index (χ3v) is 3.97. The van der Waals surface area contributed by atoms with E-state index in [1.807, 2.05) is 6.92 Å². The minimum Gasteiger partial charge on any atom is -0.298 e. The maximum atomic E-state index is 10.7. The standard InChI is InChI=1S/C14H22O/c1-5-12(10-15)7-9-13-8-6-11(2)14(13,3)4/h6-7,10,13H,5,8-9H2,1-4H3/t13-/m1/s1. The molecule has 1 atom stereocenters. The summed E-state index contributed by atoms with van der Waals surface area (Å²) in [5.41, 5.74) is 2.73. The highest BCUT2D eigenvalue weighted by atomic mass is 16.1. The van der Waals surface area contributed by atoms with Crippen molar-refractivity contribution in [3.63, 3.8) is 0 Å². The number of hydrogen-bond donors (Lipinski definition) is 0. The molecule has 84 valence electrons. The van der Waals surface area contributed by atoms with Crippen molar-refractivity contribution in [3.8, 4) is 0 Å². The van der Waals surface area contributed by atoms with Gasteiger partial charge in [0.05, 0.1) is 0 Å². The van der Waals surface area contributed by atoms with Gasteiger partial charge < -0.3 is 0 Å². The molecule has 0 aromatic rings. The molecule has 0 fully saturated rings. The molecule has 0 aliphatic heterocycles. The van der Waals surface area contributed by atoms with Gasteiger partial charge in [-0.25, -0.2) is 0 Å². The van der Waals surface area contributed by atoms with Gasteiger partial charge in [0, 0.05) is 0 Å². The molecule has 0 aromatic carbocycles. The first-order valence-electron chi connectivity index (χ1n) is 5.83. The van der Waals surface area contributed by atoms with E-state index in [0.29, 0.717) is 11.3 Å². The lowest BCUT2D eigenvalue weighted by atomic mass is 9.76. The Hall–Kier alpha value is -0.850. The van der Waals surface area contributed by atoms with Gasteiger partial charge in [0.1, 0.15) is 6.29 Å². The van der Waals surface area contributed by atoms with Gasteiger partial charge in [-0.1, -0.05) is 38.5 Å². The monoisotopic (exact) mass is 206 g/mol. The van der Waals surface area contributed by atoms with Crippen molar-refractivity contribution in [1.82, 2.24) is 0 Å². The van der Waals surface area contributed by atoms with E-state index in [4.69, 9.17) is 0 Å².